The Morgan fingerprint density at radius 2 is 2.33 bits per heavy atom. The van der Waals surface area contributed by atoms with E-state index in [-0.39, 0.29) is 11.1 Å². The number of nitrogens with one attached hydrogen (secondary N) is 1. The number of carbonyl (C=O) groups excluding carboxylic acids is 1. The Morgan fingerprint density at radius 1 is 1.53 bits per heavy atom. The zero-order chi connectivity index (χ0) is 10.8. The van der Waals surface area contributed by atoms with E-state index in [1.165, 1.54) is 18.6 Å². The van der Waals surface area contributed by atoms with Gasteiger partial charge in [0.2, 0.25) is 0 Å². The van der Waals surface area contributed by atoms with Crippen LogP contribution in [0, 0.1) is 0 Å². The van der Waals surface area contributed by atoms with Gasteiger partial charge in [-0.15, -0.1) is 0 Å². The van der Waals surface area contributed by atoms with Crippen LogP contribution in [0.2, 0.25) is 0 Å². The fourth-order valence-electron chi connectivity index (χ4n) is 1.37. The van der Waals surface area contributed by atoms with Gasteiger partial charge < -0.3 is 10.4 Å². The maximum Gasteiger partial charge on any atom is 0.338 e. The fourth-order valence-corrected chi connectivity index (χ4v) is 1.37. The molecule has 0 amide bonds. The highest BCUT2D eigenvalue weighted by Crippen LogP contribution is 2.30. The molecule has 0 saturated heterocycles. The number of nitrogens with zero attached hydrogens (tertiary/aromatic N) is 1. The minimum atomic E-state index is -1.16. The molecule has 1 aliphatic rings. The van der Waals surface area contributed by atoms with Crippen LogP contribution in [0.1, 0.15) is 5.56 Å². The monoisotopic (exact) mass is 202 g/mol. The van der Waals surface area contributed by atoms with Gasteiger partial charge in [0.15, 0.2) is 0 Å². The Hall–Kier alpha value is -2.39. The van der Waals surface area contributed by atoms with Gasteiger partial charge in [0.25, 0.3) is 0 Å². The summed E-state index contributed by atoms with van der Waals surface area (Å²) in [5, 5.41) is 11.6. The van der Waals surface area contributed by atoms with Crippen molar-refractivity contribution in [3.05, 3.63) is 35.8 Å². The zero-order valence-corrected chi connectivity index (χ0v) is 7.52. The molecule has 5 nitrogen and oxygen atoms in total. The molecule has 74 valence electrons. The number of carbonyl (C=O) groups is 1. The Bertz CT molecular complexity index is 513. The Labute approximate surface area is 84.8 Å². The van der Waals surface area contributed by atoms with Gasteiger partial charge in [-0.05, 0) is 6.07 Å². The highest BCUT2D eigenvalue weighted by molar-refractivity contribution is 6.15. The van der Waals surface area contributed by atoms with E-state index < -0.39 is 5.97 Å². The molecule has 0 bridgehead atoms. The fraction of sp³-hybridized carbons (Fsp3) is 0. The highest BCUT2D eigenvalue weighted by atomic mass is 16.4. The molecule has 0 radical (unpaired) electrons. The van der Waals surface area contributed by atoms with Crippen LogP contribution < -0.4 is 5.32 Å². The molecule has 0 spiro atoms. The summed E-state index contributed by atoms with van der Waals surface area (Å²) in [5.41, 5.74) is 1.04. The lowest BCUT2D eigenvalue weighted by atomic mass is 9.97. The molecule has 0 aromatic carbocycles. The van der Waals surface area contributed by atoms with E-state index in [4.69, 9.17) is 5.11 Å². The van der Waals surface area contributed by atoms with E-state index in [1.54, 1.807) is 12.0 Å². The number of rotatable bonds is 1. The zero-order valence-electron chi connectivity index (χ0n) is 7.52. The van der Waals surface area contributed by atoms with Crippen molar-refractivity contribution >= 4 is 23.2 Å². The normalized spacial score (nSPS) is 13.3. The third-order valence-electron chi connectivity index (χ3n) is 2.06. The smallest absolute Gasteiger partial charge is 0.338 e. The standard InChI is InChI=1S/C10H6N2O3/c13-5-8-6-1-2-11-4-9(6)12-3-7(8)10(14)15/h1-4,12H,(H,14,15). The first-order chi connectivity index (χ1) is 7.24. The van der Waals surface area contributed by atoms with Gasteiger partial charge in [0.1, 0.15) is 5.94 Å². The summed E-state index contributed by atoms with van der Waals surface area (Å²) in [6.07, 6.45) is 4.26. The molecule has 5 heteroatoms. The second-order valence-electron chi connectivity index (χ2n) is 2.91. The largest absolute Gasteiger partial charge is 0.478 e. The number of aromatic nitrogens is 1. The second kappa shape index (κ2) is 3.40. The molecule has 1 aromatic rings. The first-order valence-electron chi connectivity index (χ1n) is 4.14. The SMILES string of the molecule is O=C=C1C(C(=O)O)=CNc2cnccc21. The van der Waals surface area contributed by atoms with Crippen molar-refractivity contribution in [2.75, 3.05) is 5.32 Å². The molecular formula is C10H6N2O3. The van der Waals surface area contributed by atoms with Crippen LogP contribution >= 0.6 is 0 Å². The van der Waals surface area contributed by atoms with Crippen LogP contribution in [0.15, 0.2) is 30.2 Å². The van der Waals surface area contributed by atoms with Gasteiger partial charge in [-0.3, -0.25) is 4.98 Å². The number of anilines is 1. The van der Waals surface area contributed by atoms with Crippen molar-refractivity contribution in [2.45, 2.75) is 0 Å². The summed E-state index contributed by atoms with van der Waals surface area (Å²) < 4.78 is 0. The Kier molecular flexibility index (Phi) is 2.08. The summed E-state index contributed by atoms with van der Waals surface area (Å²) in [5.74, 6) is 0.478. The molecule has 2 rings (SSSR count). The van der Waals surface area contributed by atoms with Crippen LogP contribution in [0.5, 0.6) is 0 Å². The molecule has 0 saturated carbocycles. The van der Waals surface area contributed by atoms with E-state index in [0.717, 1.165) is 0 Å². The lowest BCUT2D eigenvalue weighted by Crippen LogP contribution is -2.12. The van der Waals surface area contributed by atoms with Crippen LogP contribution in [-0.2, 0) is 9.59 Å². The van der Waals surface area contributed by atoms with Crippen LogP contribution in [-0.4, -0.2) is 22.0 Å². The molecular weight excluding hydrogens is 196 g/mol. The maximum absolute atomic E-state index is 10.8. The minimum Gasteiger partial charge on any atom is -0.478 e. The molecule has 2 heterocycles. The summed E-state index contributed by atoms with van der Waals surface area (Å²) in [4.78, 5) is 25.4. The average molecular weight is 202 g/mol. The predicted molar refractivity (Wildman–Crippen MR) is 52.7 cm³/mol. The van der Waals surface area contributed by atoms with Crippen molar-refractivity contribution in [2.24, 2.45) is 0 Å². The van der Waals surface area contributed by atoms with Crippen molar-refractivity contribution in [1.29, 1.82) is 0 Å². The van der Waals surface area contributed by atoms with Gasteiger partial charge in [-0.25, -0.2) is 9.59 Å². The number of hydrogen-bond donors (Lipinski definition) is 2. The van der Waals surface area contributed by atoms with E-state index in [1.807, 2.05) is 0 Å². The third kappa shape index (κ3) is 1.41. The molecule has 2 N–H and O–H groups in total. The lowest BCUT2D eigenvalue weighted by molar-refractivity contribution is -0.132. The Balaban J connectivity index is 2.62. The van der Waals surface area contributed by atoms with Crippen LogP contribution in [0.25, 0.3) is 5.57 Å². The second-order valence-corrected chi connectivity index (χ2v) is 2.91. The van der Waals surface area contributed by atoms with E-state index in [2.05, 4.69) is 10.3 Å². The van der Waals surface area contributed by atoms with Crippen molar-refractivity contribution < 1.29 is 14.7 Å². The molecule has 1 aliphatic heterocycles. The first kappa shape index (κ1) is 9.18. The number of hydrogen-bond acceptors (Lipinski definition) is 4. The third-order valence-corrected chi connectivity index (χ3v) is 2.06. The maximum atomic E-state index is 10.8. The summed E-state index contributed by atoms with van der Waals surface area (Å²) >= 11 is 0. The summed E-state index contributed by atoms with van der Waals surface area (Å²) in [7, 11) is 0. The molecule has 1 aromatic heterocycles. The number of carboxylic acids is 1. The van der Waals surface area contributed by atoms with Crippen LogP contribution in [0.3, 0.4) is 0 Å². The van der Waals surface area contributed by atoms with Crippen LogP contribution in [0.4, 0.5) is 5.69 Å². The minimum absolute atomic E-state index is 0.0404. The molecule has 0 aliphatic carbocycles. The molecule has 0 atom stereocenters. The van der Waals surface area contributed by atoms with Crippen molar-refractivity contribution in [3.63, 3.8) is 0 Å². The van der Waals surface area contributed by atoms with E-state index in [9.17, 15) is 9.59 Å². The average Bonchev–Trinajstić information content (AvgIpc) is 2.27. The van der Waals surface area contributed by atoms with E-state index >= 15 is 0 Å². The van der Waals surface area contributed by atoms with Crippen molar-refractivity contribution in [1.82, 2.24) is 4.98 Å². The van der Waals surface area contributed by atoms with Gasteiger partial charge in [0.05, 0.1) is 23.0 Å². The summed E-state index contributed by atoms with van der Waals surface area (Å²) in [6.45, 7) is 0. The van der Waals surface area contributed by atoms with Gasteiger partial charge >= 0.3 is 5.97 Å². The topological polar surface area (TPSA) is 79.3 Å². The molecule has 0 fully saturated rings. The first-order valence-corrected chi connectivity index (χ1v) is 4.14. The van der Waals surface area contributed by atoms with Gasteiger partial charge in [-0.1, -0.05) is 0 Å². The van der Waals surface area contributed by atoms with E-state index in [0.29, 0.717) is 11.3 Å². The number of pyridine rings is 1. The van der Waals surface area contributed by atoms with Gasteiger partial charge in [-0.2, -0.15) is 0 Å². The molecule has 15 heavy (non-hydrogen) atoms. The lowest BCUT2D eigenvalue weighted by Gasteiger charge is -2.15. The Morgan fingerprint density at radius 3 is 3.00 bits per heavy atom. The highest BCUT2D eigenvalue weighted by Gasteiger charge is 2.22. The quantitative estimate of drug-likeness (QED) is 0.655. The van der Waals surface area contributed by atoms with Gasteiger partial charge in [0, 0.05) is 18.0 Å². The predicted octanol–water partition coefficient (Wildman–Crippen LogP) is 0.691. The summed E-state index contributed by atoms with van der Waals surface area (Å²) in [6, 6.07) is 1.57. The molecule has 0 unspecified atom stereocenters. The van der Waals surface area contributed by atoms with Crippen molar-refractivity contribution in [3.8, 4) is 0 Å². The number of carboxylic acid groups (broad SMARTS) is 1. The number of aliphatic carboxylic acids is 1. The number of fused-ring (bicyclic) bond motifs is 1.